The van der Waals surface area contributed by atoms with E-state index in [0.29, 0.717) is 41.2 Å². The van der Waals surface area contributed by atoms with Crippen molar-refractivity contribution in [3.63, 3.8) is 0 Å². The molecule has 154 valence electrons. The molecule has 0 unspecified atom stereocenters. The Bertz CT molecular complexity index is 1010. The maximum Gasteiger partial charge on any atom is 0.277 e. The molecule has 0 aromatic heterocycles. The molecule has 0 aliphatic carbocycles. The zero-order valence-electron chi connectivity index (χ0n) is 16.6. The molecule has 0 saturated heterocycles. The highest BCUT2D eigenvalue weighted by molar-refractivity contribution is 5.88. The Balaban J connectivity index is 2.24. The van der Waals surface area contributed by atoms with Gasteiger partial charge in [0.15, 0.2) is 0 Å². The lowest BCUT2D eigenvalue weighted by atomic mass is 9.95. The fourth-order valence-electron chi connectivity index (χ4n) is 3.17. The number of nitrogens with zero attached hydrogens (tertiary/aromatic N) is 3. The summed E-state index contributed by atoms with van der Waals surface area (Å²) in [6.45, 7) is 0.930. The quantitative estimate of drug-likeness (QED) is 0.394. The van der Waals surface area contributed by atoms with Gasteiger partial charge in [-0.2, -0.15) is 0 Å². The fourth-order valence-corrected chi connectivity index (χ4v) is 3.17. The van der Waals surface area contributed by atoms with E-state index in [1.54, 1.807) is 54.6 Å². The summed E-state index contributed by atoms with van der Waals surface area (Å²) in [5.41, 5.74) is 1.68. The normalized spacial score (nSPS) is 10.8. The highest BCUT2D eigenvalue weighted by Gasteiger charge is 2.23. The van der Waals surface area contributed by atoms with Crippen LogP contribution in [0.4, 0.5) is 11.4 Å². The van der Waals surface area contributed by atoms with Crippen molar-refractivity contribution in [1.82, 2.24) is 4.90 Å². The average molecular weight is 407 g/mol. The minimum atomic E-state index is -0.448. The minimum absolute atomic E-state index is 0.0605. The first-order valence-corrected chi connectivity index (χ1v) is 9.28. The van der Waals surface area contributed by atoms with E-state index in [9.17, 15) is 20.2 Å². The van der Waals surface area contributed by atoms with Gasteiger partial charge in [-0.15, -0.1) is 0 Å². The zero-order valence-corrected chi connectivity index (χ0v) is 16.6. The van der Waals surface area contributed by atoms with Gasteiger partial charge in [0, 0.05) is 29.8 Å². The van der Waals surface area contributed by atoms with Gasteiger partial charge in [0.1, 0.15) is 12.4 Å². The van der Waals surface area contributed by atoms with Crippen molar-refractivity contribution in [2.45, 2.75) is 0 Å². The van der Waals surface area contributed by atoms with Crippen molar-refractivity contribution in [1.29, 1.82) is 0 Å². The molecule has 30 heavy (non-hydrogen) atoms. The van der Waals surface area contributed by atoms with Crippen LogP contribution in [0.2, 0.25) is 0 Å². The van der Waals surface area contributed by atoms with Gasteiger partial charge in [0.05, 0.1) is 21.0 Å². The number of rotatable bonds is 8. The highest BCUT2D eigenvalue weighted by atomic mass is 16.6. The Hall–Kier alpha value is -3.78. The molecule has 0 aliphatic rings. The maximum atomic E-state index is 11.6. The van der Waals surface area contributed by atoms with Gasteiger partial charge in [0.2, 0.25) is 0 Å². The Morgan fingerprint density at radius 1 is 0.733 bits per heavy atom. The lowest BCUT2D eigenvalue weighted by Crippen LogP contribution is -2.19. The number of para-hydroxylation sites is 3. The molecule has 0 atom stereocenters. The van der Waals surface area contributed by atoms with E-state index in [-0.39, 0.29) is 11.4 Å². The van der Waals surface area contributed by atoms with E-state index < -0.39 is 9.85 Å². The van der Waals surface area contributed by atoms with Crippen LogP contribution in [0.25, 0.3) is 22.3 Å². The van der Waals surface area contributed by atoms with E-state index in [1.807, 2.05) is 19.0 Å². The van der Waals surface area contributed by atoms with Crippen LogP contribution in [-0.4, -0.2) is 42.0 Å². The van der Waals surface area contributed by atoms with Crippen molar-refractivity contribution in [2.75, 3.05) is 27.2 Å². The molecule has 3 rings (SSSR count). The molecule has 0 aliphatic heterocycles. The van der Waals surface area contributed by atoms with Crippen LogP contribution in [0.1, 0.15) is 0 Å². The topological polar surface area (TPSA) is 98.8 Å². The Kier molecular flexibility index (Phi) is 6.38. The van der Waals surface area contributed by atoms with Crippen LogP contribution in [0.3, 0.4) is 0 Å². The predicted octanol–water partition coefficient (Wildman–Crippen LogP) is 4.78. The van der Waals surface area contributed by atoms with Gasteiger partial charge in [-0.3, -0.25) is 20.2 Å². The second kappa shape index (κ2) is 9.15. The predicted molar refractivity (Wildman–Crippen MR) is 115 cm³/mol. The lowest BCUT2D eigenvalue weighted by Gasteiger charge is -2.18. The monoisotopic (exact) mass is 407 g/mol. The summed E-state index contributed by atoms with van der Waals surface area (Å²) < 4.78 is 6.07. The number of hydrogen-bond acceptors (Lipinski definition) is 6. The molecule has 0 amide bonds. The van der Waals surface area contributed by atoms with Gasteiger partial charge >= 0.3 is 0 Å². The van der Waals surface area contributed by atoms with Gasteiger partial charge in [-0.05, 0) is 26.2 Å². The summed E-state index contributed by atoms with van der Waals surface area (Å²) in [4.78, 5) is 24.2. The largest absolute Gasteiger partial charge is 0.491 e. The SMILES string of the molecule is CN(C)CCOc1c(-c2ccccc2[N+](=O)[O-])cccc1-c1ccccc1[N+](=O)[O-]. The number of benzene rings is 3. The van der Waals surface area contributed by atoms with E-state index in [0.717, 1.165) is 0 Å². The third-order valence-corrected chi connectivity index (χ3v) is 4.58. The molecule has 0 saturated carbocycles. The number of likely N-dealkylation sites (N-methyl/N-ethyl adjacent to an activating group) is 1. The molecule has 0 N–H and O–H groups in total. The second-order valence-electron chi connectivity index (χ2n) is 6.88. The Morgan fingerprint density at radius 3 is 1.60 bits per heavy atom. The summed E-state index contributed by atoms with van der Waals surface area (Å²) in [7, 11) is 3.81. The fraction of sp³-hybridized carbons (Fsp3) is 0.182. The van der Waals surface area contributed by atoms with E-state index in [2.05, 4.69) is 0 Å². The molecule has 0 bridgehead atoms. The standard InChI is InChI=1S/C22H21N3O5/c1-23(2)14-15-30-22-18(16-8-3-5-12-20(16)24(26)27)10-7-11-19(22)17-9-4-6-13-21(17)25(28)29/h3-13H,14-15H2,1-2H3. The summed E-state index contributed by atoms with van der Waals surface area (Å²) in [6, 6.07) is 17.9. The maximum absolute atomic E-state index is 11.6. The molecule has 8 nitrogen and oxygen atoms in total. The lowest BCUT2D eigenvalue weighted by molar-refractivity contribution is -0.384. The first-order chi connectivity index (χ1) is 14.4. The minimum Gasteiger partial charge on any atom is -0.491 e. The van der Waals surface area contributed by atoms with Gasteiger partial charge in [-0.1, -0.05) is 42.5 Å². The molecule has 3 aromatic rings. The van der Waals surface area contributed by atoms with Crippen molar-refractivity contribution in [2.24, 2.45) is 0 Å². The molecule has 0 heterocycles. The van der Waals surface area contributed by atoms with Crippen LogP contribution < -0.4 is 4.74 Å². The molecule has 8 heteroatoms. The molecular weight excluding hydrogens is 386 g/mol. The van der Waals surface area contributed by atoms with Crippen LogP contribution in [0, 0.1) is 20.2 Å². The van der Waals surface area contributed by atoms with Crippen molar-refractivity contribution in [3.05, 3.63) is 87.0 Å². The molecular formula is C22H21N3O5. The number of ether oxygens (including phenoxy) is 1. The number of nitro groups is 2. The highest BCUT2D eigenvalue weighted by Crippen LogP contribution is 2.44. The van der Waals surface area contributed by atoms with Crippen LogP contribution in [0.15, 0.2) is 66.7 Å². The van der Waals surface area contributed by atoms with Crippen LogP contribution in [-0.2, 0) is 0 Å². The van der Waals surface area contributed by atoms with Crippen molar-refractivity contribution in [3.8, 4) is 28.0 Å². The third-order valence-electron chi connectivity index (χ3n) is 4.58. The van der Waals surface area contributed by atoms with E-state index in [4.69, 9.17) is 4.74 Å². The average Bonchev–Trinajstić information content (AvgIpc) is 2.73. The van der Waals surface area contributed by atoms with E-state index in [1.165, 1.54) is 12.1 Å². The summed E-state index contributed by atoms with van der Waals surface area (Å²) in [5.74, 6) is 0.378. The van der Waals surface area contributed by atoms with Crippen molar-refractivity contribution >= 4 is 11.4 Å². The summed E-state index contributed by atoms with van der Waals surface area (Å²) in [5, 5.41) is 23.2. The first kappa shape index (κ1) is 20.9. The van der Waals surface area contributed by atoms with Gasteiger partial charge < -0.3 is 9.64 Å². The molecule has 0 spiro atoms. The first-order valence-electron chi connectivity index (χ1n) is 9.28. The number of hydrogen-bond donors (Lipinski definition) is 0. The molecule has 3 aromatic carbocycles. The summed E-state index contributed by atoms with van der Waals surface area (Å²) >= 11 is 0. The Morgan fingerprint density at radius 2 is 1.17 bits per heavy atom. The smallest absolute Gasteiger partial charge is 0.277 e. The van der Waals surface area contributed by atoms with E-state index >= 15 is 0 Å². The van der Waals surface area contributed by atoms with Crippen molar-refractivity contribution < 1.29 is 14.6 Å². The van der Waals surface area contributed by atoms with Gasteiger partial charge in [0.25, 0.3) is 11.4 Å². The third kappa shape index (κ3) is 4.44. The number of nitro benzene ring substituents is 2. The van der Waals surface area contributed by atoms with Crippen LogP contribution in [0.5, 0.6) is 5.75 Å². The Labute approximate surface area is 173 Å². The molecule has 0 fully saturated rings. The molecule has 0 radical (unpaired) electrons. The van der Waals surface area contributed by atoms with Gasteiger partial charge in [-0.25, -0.2) is 0 Å². The zero-order chi connectivity index (χ0) is 21.7. The second-order valence-corrected chi connectivity index (χ2v) is 6.88. The summed E-state index contributed by atoms with van der Waals surface area (Å²) in [6.07, 6.45) is 0. The van der Waals surface area contributed by atoms with Crippen LogP contribution >= 0.6 is 0 Å².